The molecule has 0 bridgehead atoms. The highest BCUT2D eigenvalue weighted by atomic mass is 16.3. The van der Waals surface area contributed by atoms with Gasteiger partial charge in [-0.05, 0) is 24.7 Å². The first-order valence-corrected chi connectivity index (χ1v) is 4.13. The molecular weight excluding hydrogens is 164 g/mol. The van der Waals surface area contributed by atoms with Crippen molar-refractivity contribution >= 4 is 11.8 Å². The van der Waals surface area contributed by atoms with Gasteiger partial charge in [0.1, 0.15) is 5.75 Å². The highest BCUT2D eigenvalue weighted by Gasteiger charge is 1.95. The second kappa shape index (κ2) is 4.52. The molecule has 1 aromatic rings. The van der Waals surface area contributed by atoms with E-state index in [-0.39, 0.29) is 5.75 Å². The molecule has 0 heterocycles. The van der Waals surface area contributed by atoms with Crippen molar-refractivity contribution in [2.24, 2.45) is 0 Å². The molecule has 70 valence electrons. The molecule has 0 amide bonds. The molecule has 3 nitrogen and oxygen atoms in total. The van der Waals surface area contributed by atoms with Crippen LogP contribution in [0.5, 0.6) is 5.75 Å². The van der Waals surface area contributed by atoms with Crippen molar-refractivity contribution in [3.8, 4) is 5.75 Å². The predicted octanol–water partition coefficient (Wildman–Crippen LogP) is 1.21. The monoisotopic (exact) mass is 178 g/mol. The first-order chi connectivity index (χ1) is 6.24. The van der Waals surface area contributed by atoms with Gasteiger partial charge in [-0.1, -0.05) is 12.2 Å². The molecule has 1 rings (SSSR count). The first kappa shape index (κ1) is 9.61. The van der Waals surface area contributed by atoms with Gasteiger partial charge in [-0.2, -0.15) is 0 Å². The van der Waals surface area contributed by atoms with E-state index in [1.807, 2.05) is 19.2 Å². The van der Waals surface area contributed by atoms with Crippen molar-refractivity contribution in [3.05, 3.63) is 29.8 Å². The summed E-state index contributed by atoms with van der Waals surface area (Å²) in [6.45, 7) is 0.806. The number of rotatable bonds is 3. The van der Waals surface area contributed by atoms with Crippen LogP contribution in [0.4, 0.5) is 5.69 Å². The molecule has 3 heteroatoms. The maximum Gasteiger partial charge on any atom is 0.117 e. The van der Waals surface area contributed by atoms with Gasteiger partial charge in [0.15, 0.2) is 0 Å². The van der Waals surface area contributed by atoms with Crippen LogP contribution in [0, 0.1) is 0 Å². The fourth-order valence-corrected chi connectivity index (χ4v) is 1.02. The normalized spacial score (nSPS) is 10.8. The highest BCUT2D eigenvalue weighted by Crippen LogP contribution is 2.19. The minimum absolute atomic E-state index is 0.197. The van der Waals surface area contributed by atoms with Gasteiger partial charge in [-0.25, -0.2) is 0 Å². The van der Waals surface area contributed by atoms with Crippen LogP contribution in [0.2, 0.25) is 0 Å². The summed E-state index contributed by atoms with van der Waals surface area (Å²) in [5.41, 5.74) is 7.19. The molecule has 1 aromatic carbocycles. The molecule has 0 fully saturated rings. The summed E-state index contributed by atoms with van der Waals surface area (Å²) < 4.78 is 0. The van der Waals surface area contributed by atoms with Gasteiger partial charge in [0, 0.05) is 18.3 Å². The van der Waals surface area contributed by atoms with Crippen LogP contribution in [-0.4, -0.2) is 18.7 Å². The molecule has 0 saturated carbocycles. The number of nitrogen functional groups attached to an aromatic ring is 1. The fourth-order valence-electron chi connectivity index (χ4n) is 1.02. The fraction of sp³-hybridized carbons (Fsp3) is 0.200. The van der Waals surface area contributed by atoms with Crippen molar-refractivity contribution < 1.29 is 5.11 Å². The number of hydrogen-bond acceptors (Lipinski definition) is 3. The van der Waals surface area contributed by atoms with Crippen molar-refractivity contribution in [1.29, 1.82) is 0 Å². The average molecular weight is 178 g/mol. The maximum absolute atomic E-state index is 9.09. The van der Waals surface area contributed by atoms with Gasteiger partial charge in [-0.15, -0.1) is 0 Å². The van der Waals surface area contributed by atoms with E-state index in [4.69, 9.17) is 10.8 Å². The Hall–Kier alpha value is -1.48. The van der Waals surface area contributed by atoms with Crippen LogP contribution in [0.3, 0.4) is 0 Å². The number of nitrogens with one attached hydrogen (secondary N) is 1. The van der Waals surface area contributed by atoms with Gasteiger partial charge >= 0.3 is 0 Å². The van der Waals surface area contributed by atoms with Crippen LogP contribution >= 0.6 is 0 Å². The van der Waals surface area contributed by atoms with Crippen molar-refractivity contribution in [2.45, 2.75) is 0 Å². The Morgan fingerprint density at radius 1 is 1.54 bits per heavy atom. The zero-order valence-electron chi connectivity index (χ0n) is 7.62. The van der Waals surface area contributed by atoms with Gasteiger partial charge < -0.3 is 16.2 Å². The molecule has 0 aromatic heterocycles. The number of phenols is 1. The molecule has 0 aliphatic carbocycles. The molecule has 0 radical (unpaired) electrons. The second-order valence-corrected chi connectivity index (χ2v) is 2.77. The SMILES string of the molecule is CNCC=Cc1ccc(O)cc1N. The van der Waals surface area contributed by atoms with E-state index in [2.05, 4.69) is 5.32 Å². The Labute approximate surface area is 77.9 Å². The van der Waals surface area contributed by atoms with Crippen molar-refractivity contribution in [2.75, 3.05) is 19.3 Å². The molecule has 13 heavy (non-hydrogen) atoms. The number of benzene rings is 1. The Bertz CT molecular complexity index is 308. The lowest BCUT2D eigenvalue weighted by Crippen LogP contribution is -2.03. The van der Waals surface area contributed by atoms with Gasteiger partial charge in [-0.3, -0.25) is 0 Å². The summed E-state index contributed by atoms with van der Waals surface area (Å²) >= 11 is 0. The number of hydrogen-bond donors (Lipinski definition) is 3. The minimum atomic E-state index is 0.197. The Balaban J connectivity index is 2.77. The van der Waals surface area contributed by atoms with Crippen molar-refractivity contribution in [3.63, 3.8) is 0 Å². The molecular formula is C10H14N2O. The third-order valence-corrected chi connectivity index (χ3v) is 1.69. The van der Waals surface area contributed by atoms with E-state index >= 15 is 0 Å². The molecule has 0 unspecified atom stereocenters. The number of likely N-dealkylation sites (N-methyl/N-ethyl adjacent to an activating group) is 1. The molecule has 0 spiro atoms. The molecule has 0 saturated heterocycles. The number of nitrogens with two attached hydrogens (primary N) is 1. The average Bonchev–Trinajstić information content (AvgIpc) is 2.09. The molecule has 0 atom stereocenters. The predicted molar refractivity (Wildman–Crippen MR) is 55.5 cm³/mol. The molecule has 0 aliphatic rings. The first-order valence-electron chi connectivity index (χ1n) is 4.13. The van der Waals surface area contributed by atoms with Gasteiger partial charge in [0.25, 0.3) is 0 Å². The summed E-state index contributed by atoms with van der Waals surface area (Å²) in [6, 6.07) is 4.95. The van der Waals surface area contributed by atoms with Crippen LogP contribution in [0.25, 0.3) is 6.08 Å². The highest BCUT2D eigenvalue weighted by molar-refractivity contribution is 5.66. The van der Waals surface area contributed by atoms with E-state index in [0.717, 1.165) is 12.1 Å². The van der Waals surface area contributed by atoms with E-state index in [1.165, 1.54) is 0 Å². The van der Waals surface area contributed by atoms with Crippen LogP contribution in [0.15, 0.2) is 24.3 Å². The zero-order chi connectivity index (χ0) is 9.68. The van der Waals surface area contributed by atoms with Crippen LogP contribution in [-0.2, 0) is 0 Å². The summed E-state index contributed by atoms with van der Waals surface area (Å²) in [4.78, 5) is 0. The molecule has 0 aliphatic heterocycles. The lowest BCUT2D eigenvalue weighted by molar-refractivity contribution is 0.475. The largest absolute Gasteiger partial charge is 0.508 e. The standard InChI is InChI=1S/C10H14N2O/c1-12-6-2-3-8-4-5-9(13)7-10(8)11/h2-5,7,12-13H,6,11H2,1H3. The lowest BCUT2D eigenvalue weighted by atomic mass is 10.1. The Kier molecular flexibility index (Phi) is 3.34. The summed E-state index contributed by atoms with van der Waals surface area (Å²) in [5.74, 6) is 0.197. The summed E-state index contributed by atoms with van der Waals surface area (Å²) in [5, 5.41) is 12.1. The topological polar surface area (TPSA) is 58.3 Å². The lowest BCUT2D eigenvalue weighted by Gasteiger charge is -2.00. The van der Waals surface area contributed by atoms with E-state index in [9.17, 15) is 0 Å². The number of phenolic OH excluding ortho intramolecular Hbond substituents is 1. The van der Waals surface area contributed by atoms with Gasteiger partial charge in [0.05, 0.1) is 0 Å². The number of aromatic hydroxyl groups is 1. The number of anilines is 1. The van der Waals surface area contributed by atoms with Gasteiger partial charge in [0.2, 0.25) is 0 Å². The summed E-state index contributed by atoms with van der Waals surface area (Å²) in [6.07, 6.45) is 3.90. The van der Waals surface area contributed by atoms with Crippen LogP contribution in [0.1, 0.15) is 5.56 Å². The van der Waals surface area contributed by atoms with E-state index in [0.29, 0.717) is 5.69 Å². The molecule has 4 N–H and O–H groups in total. The zero-order valence-corrected chi connectivity index (χ0v) is 7.62. The van der Waals surface area contributed by atoms with E-state index < -0.39 is 0 Å². The van der Waals surface area contributed by atoms with Crippen LogP contribution < -0.4 is 11.1 Å². The smallest absolute Gasteiger partial charge is 0.117 e. The summed E-state index contributed by atoms with van der Waals surface area (Å²) in [7, 11) is 1.88. The second-order valence-electron chi connectivity index (χ2n) is 2.77. The minimum Gasteiger partial charge on any atom is -0.508 e. The maximum atomic E-state index is 9.09. The van der Waals surface area contributed by atoms with Crippen molar-refractivity contribution in [1.82, 2.24) is 5.32 Å². The quantitative estimate of drug-likeness (QED) is 0.610. The Morgan fingerprint density at radius 3 is 2.92 bits per heavy atom. The third kappa shape index (κ3) is 2.80. The Morgan fingerprint density at radius 2 is 2.31 bits per heavy atom. The third-order valence-electron chi connectivity index (χ3n) is 1.69. The van der Waals surface area contributed by atoms with E-state index in [1.54, 1.807) is 18.2 Å².